The van der Waals surface area contributed by atoms with Crippen molar-refractivity contribution >= 4 is 23.4 Å². The summed E-state index contributed by atoms with van der Waals surface area (Å²) < 4.78 is 0. The minimum absolute atomic E-state index is 0.132. The molecule has 0 radical (unpaired) electrons. The molecule has 0 spiro atoms. The van der Waals surface area contributed by atoms with E-state index in [1.165, 1.54) is 6.92 Å². The topological polar surface area (TPSA) is 93.8 Å². The van der Waals surface area contributed by atoms with Crippen molar-refractivity contribution in [2.24, 2.45) is 10.9 Å². The molecule has 124 valence electrons. The Morgan fingerprint density at radius 3 is 2.42 bits per heavy atom. The predicted octanol–water partition coefficient (Wildman–Crippen LogP) is 2.63. The zero-order valence-corrected chi connectivity index (χ0v) is 13.6. The van der Waals surface area contributed by atoms with Gasteiger partial charge in [-0.1, -0.05) is 35.5 Å². The number of nitrogens with two attached hydrogens (primary N) is 1. The summed E-state index contributed by atoms with van der Waals surface area (Å²) in [5, 5.41) is 6.36. The molecule has 0 unspecified atom stereocenters. The molecule has 0 heterocycles. The molecule has 0 aliphatic heterocycles. The normalized spacial score (nSPS) is 11.0. The summed E-state index contributed by atoms with van der Waals surface area (Å²) in [4.78, 5) is 27.8. The number of amidine groups is 1. The van der Waals surface area contributed by atoms with Crippen LogP contribution in [-0.2, 0) is 16.1 Å². The van der Waals surface area contributed by atoms with Crippen molar-refractivity contribution in [3.05, 3.63) is 65.2 Å². The first-order valence-electron chi connectivity index (χ1n) is 7.41. The molecular weight excluding hydrogens is 306 g/mol. The van der Waals surface area contributed by atoms with E-state index in [-0.39, 0.29) is 11.7 Å². The van der Waals surface area contributed by atoms with Crippen LogP contribution in [0.5, 0.6) is 0 Å². The van der Waals surface area contributed by atoms with Crippen LogP contribution in [0, 0.1) is 6.92 Å². The molecule has 0 bridgehead atoms. The van der Waals surface area contributed by atoms with Crippen LogP contribution in [0.25, 0.3) is 0 Å². The summed E-state index contributed by atoms with van der Waals surface area (Å²) in [6.45, 7) is 3.27. The lowest BCUT2D eigenvalue weighted by molar-refractivity contribution is -0.114. The number of hydrogen-bond donors (Lipinski definition) is 2. The Labute approximate surface area is 140 Å². The molecule has 0 saturated heterocycles. The first-order chi connectivity index (χ1) is 11.5. The molecule has 2 aromatic rings. The molecule has 1 amide bonds. The molecule has 0 saturated carbocycles. The van der Waals surface area contributed by atoms with Crippen LogP contribution in [0.3, 0.4) is 0 Å². The molecule has 0 aromatic heterocycles. The number of carbonyl (C=O) groups is 2. The second-order valence-corrected chi connectivity index (χ2v) is 5.33. The molecule has 6 nitrogen and oxygen atoms in total. The summed E-state index contributed by atoms with van der Waals surface area (Å²) in [6.07, 6.45) is 0.335. The van der Waals surface area contributed by atoms with Gasteiger partial charge >= 0.3 is 5.97 Å². The van der Waals surface area contributed by atoms with Crippen LogP contribution in [0.15, 0.2) is 53.7 Å². The molecule has 2 rings (SSSR count). The largest absolute Gasteiger partial charge is 0.384 e. The minimum atomic E-state index is -0.544. The highest BCUT2D eigenvalue weighted by atomic mass is 16.7. The SMILES string of the molecule is CC(=O)Nc1ccc(C/C(N)=N\OC(=O)c2ccccc2C)cc1. The van der Waals surface area contributed by atoms with E-state index in [1.807, 2.05) is 31.2 Å². The first-order valence-corrected chi connectivity index (χ1v) is 7.41. The van der Waals surface area contributed by atoms with Gasteiger partial charge in [-0.05, 0) is 36.2 Å². The summed E-state index contributed by atoms with van der Waals surface area (Å²) in [6, 6.07) is 14.3. The standard InChI is InChI=1S/C18H19N3O3/c1-12-5-3-4-6-16(12)18(23)24-21-17(19)11-14-7-9-15(10-8-14)20-13(2)22/h3-10H,11H2,1-2H3,(H2,19,21)(H,20,22). The van der Waals surface area contributed by atoms with E-state index < -0.39 is 5.97 Å². The number of hydrogen-bond acceptors (Lipinski definition) is 4. The third-order valence-corrected chi connectivity index (χ3v) is 3.27. The van der Waals surface area contributed by atoms with E-state index in [2.05, 4.69) is 10.5 Å². The third kappa shape index (κ3) is 4.95. The third-order valence-electron chi connectivity index (χ3n) is 3.27. The van der Waals surface area contributed by atoms with Crippen molar-refractivity contribution in [1.29, 1.82) is 0 Å². The van der Waals surface area contributed by atoms with Crippen LogP contribution < -0.4 is 11.1 Å². The van der Waals surface area contributed by atoms with Gasteiger partial charge in [-0.25, -0.2) is 4.79 Å². The number of anilines is 1. The highest BCUT2D eigenvalue weighted by Gasteiger charge is 2.10. The molecule has 0 aliphatic rings. The van der Waals surface area contributed by atoms with Gasteiger partial charge in [0.1, 0.15) is 5.84 Å². The highest BCUT2D eigenvalue weighted by molar-refractivity contribution is 5.92. The molecule has 0 atom stereocenters. The van der Waals surface area contributed by atoms with Gasteiger partial charge in [0.15, 0.2) is 0 Å². The number of benzene rings is 2. The zero-order valence-electron chi connectivity index (χ0n) is 13.6. The fourth-order valence-electron chi connectivity index (χ4n) is 2.10. The lowest BCUT2D eigenvalue weighted by atomic mass is 10.1. The molecule has 2 aromatic carbocycles. The van der Waals surface area contributed by atoms with Crippen LogP contribution in [0.1, 0.15) is 28.4 Å². The summed E-state index contributed by atoms with van der Waals surface area (Å²) in [5.74, 6) is -0.492. The molecule has 6 heteroatoms. The van der Waals surface area contributed by atoms with Gasteiger partial charge in [-0.15, -0.1) is 0 Å². The lowest BCUT2D eigenvalue weighted by Gasteiger charge is -2.05. The average molecular weight is 325 g/mol. The van der Waals surface area contributed by atoms with Crippen LogP contribution in [-0.4, -0.2) is 17.7 Å². The quantitative estimate of drug-likeness (QED) is 0.382. The molecular formula is C18H19N3O3. The highest BCUT2D eigenvalue weighted by Crippen LogP contribution is 2.11. The fraction of sp³-hybridized carbons (Fsp3) is 0.167. The van der Waals surface area contributed by atoms with E-state index in [4.69, 9.17) is 10.6 Å². The number of nitrogens with zero attached hydrogens (tertiary/aromatic N) is 1. The average Bonchev–Trinajstić information content (AvgIpc) is 2.54. The van der Waals surface area contributed by atoms with Crippen LogP contribution >= 0.6 is 0 Å². The van der Waals surface area contributed by atoms with E-state index >= 15 is 0 Å². The maximum atomic E-state index is 11.9. The van der Waals surface area contributed by atoms with Gasteiger partial charge in [0.25, 0.3) is 0 Å². The van der Waals surface area contributed by atoms with Crippen molar-refractivity contribution in [2.45, 2.75) is 20.3 Å². The van der Waals surface area contributed by atoms with Gasteiger partial charge < -0.3 is 15.9 Å². The Bertz CT molecular complexity index is 767. The van der Waals surface area contributed by atoms with Gasteiger partial charge in [-0.3, -0.25) is 4.79 Å². The maximum absolute atomic E-state index is 11.9. The molecule has 0 fully saturated rings. The Morgan fingerprint density at radius 2 is 1.79 bits per heavy atom. The maximum Gasteiger partial charge on any atom is 0.366 e. The Hall–Kier alpha value is -3.15. The Balaban J connectivity index is 1.95. The second kappa shape index (κ2) is 7.92. The Kier molecular flexibility index (Phi) is 5.68. The number of amides is 1. The van der Waals surface area contributed by atoms with Crippen molar-refractivity contribution in [1.82, 2.24) is 0 Å². The fourth-order valence-corrected chi connectivity index (χ4v) is 2.10. The second-order valence-electron chi connectivity index (χ2n) is 5.33. The van der Waals surface area contributed by atoms with Crippen molar-refractivity contribution < 1.29 is 14.4 Å². The van der Waals surface area contributed by atoms with Gasteiger partial charge in [0.2, 0.25) is 5.91 Å². The van der Waals surface area contributed by atoms with Crippen LogP contribution in [0.4, 0.5) is 5.69 Å². The molecule has 0 aliphatic carbocycles. The summed E-state index contributed by atoms with van der Waals surface area (Å²) in [5.41, 5.74) is 8.64. The number of carbonyl (C=O) groups excluding carboxylic acids is 2. The van der Waals surface area contributed by atoms with Crippen LogP contribution in [0.2, 0.25) is 0 Å². The Morgan fingerprint density at radius 1 is 1.12 bits per heavy atom. The van der Waals surface area contributed by atoms with E-state index in [0.29, 0.717) is 17.7 Å². The first kappa shape index (κ1) is 17.2. The van der Waals surface area contributed by atoms with Gasteiger partial charge in [0, 0.05) is 19.0 Å². The lowest BCUT2D eigenvalue weighted by Crippen LogP contribution is -2.17. The minimum Gasteiger partial charge on any atom is -0.384 e. The monoisotopic (exact) mass is 325 g/mol. The van der Waals surface area contributed by atoms with E-state index in [1.54, 1.807) is 24.3 Å². The van der Waals surface area contributed by atoms with Gasteiger partial charge in [-0.2, -0.15) is 0 Å². The van der Waals surface area contributed by atoms with Gasteiger partial charge in [0.05, 0.1) is 5.56 Å². The van der Waals surface area contributed by atoms with E-state index in [0.717, 1.165) is 11.1 Å². The van der Waals surface area contributed by atoms with Crippen molar-refractivity contribution in [3.8, 4) is 0 Å². The van der Waals surface area contributed by atoms with E-state index in [9.17, 15) is 9.59 Å². The summed E-state index contributed by atoms with van der Waals surface area (Å²) in [7, 11) is 0. The summed E-state index contributed by atoms with van der Waals surface area (Å²) >= 11 is 0. The van der Waals surface area contributed by atoms with Crippen molar-refractivity contribution in [3.63, 3.8) is 0 Å². The smallest absolute Gasteiger partial charge is 0.366 e. The van der Waals surface area contributed by atoms with Crippen molar-refractivity contribution in [2.75, 3.05) is 5.32 Å². The zero-order chi connectivity index (χ0) is 17.5. The number of aryl methyl sites for hydroxylation is 1. The number of oxime groups is 1. The number of nitrogens with one attached hydrogen (secondary N) is 1. The predicted molar refractivity (Wildman–Crippen MR) is 92.7 cm³/mol. The molecule has 24 heavy (non-hydrogen) atoms. The molecule has 3 N–H and O–H groups in total. The number of rotatable bonds is 5.